The molecule has 1 aromatic heterocycles. The number of carbonyl (C=O) groups is 1. The smallest absolute Gasteiger partial charge is 0.252 e. The first-order valence-corrected chi connectivity index (χ1v) is 7.04. The molecule has 3 rings (SSSR count). The molecule has 2 fully saturated rings. The third kappa shape index (κ3) is 2.36. The number of hydrogen-bond donors (Lipinski definition) is 1. The van der Waals surface area contributed by atoms with E-state index in [1.807, 2.05) is 4.90 Å². The quantitative estimate of drug-likeness (QED) is 0.873. The van der Waals surface area contributed by atoms with Gasteiger partial charge < -0.3 is 9.64 Å². The van der Waals surface area contributed by atoms with Crippen LogP contribution in [-0.2, 0) is 9.53 Å². The summed E-state index contributed by atoms with van der Waals surface area (Å²) >= 11 is 0. The van der Waals surface area contributed by atoms with Gasteiger partial charge in [-0.3, -0.25) is 9.89 Å². The van der Waals surface area contributed by atoms with Crippen molar-refractivity contribution in [2.24, 2.45) is 5.92 Å². The van der Waals surface area contributed by atoms with Crippen molar-refractivity contribution in [2.45, 2.75) is 44.8 Å². The fraction of sp³-hybridized carbons (Fsp3) is 0.769. The summed E-state index contributed by atoms with van der Waals surface area (Å²) in [6.45, 7) is 3.57. The van der Waals surface area contributed by atoms with Crippen molar-refractivity contribution < 1.29 is 9.53 Å². The molecule has 0 aliphatic carbocycles. The van der Waals surface area contributed by atoms with Gasteiger partial charge in [-0.25, -0.2) is 4.98 Å². The Kier molecular flexibility index (Phi) is 3.50. The molecule has 19 heavy (non-hydrogen) atoms. The molecule has 1 N–H and O–H groups in total. The van der Waals surface area contributed by atoms with Gasteiger partial charge in [0.25, 0.3) is 5.91 Å². The van der Waals surface area contributed by atoms with E-state index in [2.05, 4.69) is 22.1 Å². The Labute approximate surface area is 112 Å². The summed E-state index contributed by atoms with van der Waals surface area (Å²) in [6.07, 6.45) is 5.32. The van der Waals surface area contributed by atoms with E-state index in [1.165, 1.54) is 6.33 Å². The van der Waals surface area contributed by atoms with Crippen LogP contribution in [0.4, 0.5) is 0 Å². The Morgan fingerprint density at radius 2 is 2.37 bits per heavy atom. The number of ether oxygens (including phenoxy) is 1. The lowest BCUT2D eigenvalue weighted by molar-refractivity contribution is -0.146. The van der Waals surface area contributed by atoms with Crippen molar-refractivity contribution in [3.8, 4) is 0 Å². The number of piperidine rings is 1. The minimum absolute atomic E-state index is 0.0279. The van der Waals surface area contributed by atoms with Gasteiger partial charge in [0.2, 0.25) is 0 Å². The van der Waals surface area contributed by atoms with Crippen LogP contribution in [0.3, 0.4) is 0 Å². The zero-order valence-corrected chi connectivity index (χ0v) is 11.2. The average molecular weight is 264 g/mol. The third-order valence-corrected chi connectivity index (χ3v) is 4.17. The highest BCUT2D eigenvalue weighted by Crippen LogP contribution is 2.31. The van der Waals surface area contributed by atoms with Gasteiger partial charge in [0.1, 0.15) is 18.3 Å². The second-order valence-electron chi connectivity index (χ2n) is 5.47. The fourth-order valence-electron chi connectivity index (χ4n) is 3.03. The number of aromatic amines is 1. The maximum absolute atomic E-state index is 12.7. The molecule has 104 valence electrons. The second kappa shape index (κ2) is 5.28. The molecular weight excluding hydrogens is 244 g/mol. The van der Waals surface area contributed by atoms with Gasteiger partial charge in [0.05, 0.1) is 6.04 Å². The van der Waals surface area contributed by atoms with E-state index in [4.69, 9.17) is 4.74 Å². The minimum Gasteiger partial charge on any atom is -0.368 e. The molecule has 1 aromatic rings. The first-order valence-electron chi connectivity index (χ1n) is 7.04. The van der Waals surface area contributed by atoms with Crippen LogP contribution in [0.1, 0.15) is 44.5 Å². The highest BCUT2D eigenvalue weighted by Gasteiger charge is 2.38. The molecular formula is C13H20N4O2. The maximum Gasteiger partial charge on any atom is 0.252 e. The topological polar surface area (TPSA) is 71.1 Å². The van der Waals surface area contributed by atoms with Crippen LogP contribution in [-0.4, -0.2) is 45.2 Å². The monoisotopic (exact) mass is 264 g/mol. The normalized spacial score (nSPS) is 31.6. The molecule has 0 unspecified atom stereocenters. The van der Waals surface area contributed by atoms with E-state index in [0.717, 1.165) is 38.1 Å². The summed E-state index contributed by atoms with van der Waals surface area (Å²) in [7, 11) is 0. The zero-order chi connectivity index (χ0) is 13.2. The molecule has 6 nitrogen and oxygen atoms in total. The summed E-state index contributed by atoms with van der Waals surface area (Å²) in [5.41, 5.74) is 0. The second-order valence-corrected chi connectivity index (χ2v) is 5.47. The number of amides is 1. The van der Waals surface area contributed by atoms with E-state index in [-0.39, 0.29) is 18.1 Å². The molecule has 2 saturated heterocycles. The van der Waals surface area contributed by atoms with Gasteiger partial charge in [0.15, 0.2) is 0 Å². The first kappa shape index (κ1) is 12.6. The van der Waals surface area contributed by atoms with E-state index >= 15 is 0 Å². The number of likely N-dealkylation sites (tertiary alicyclic amines) is 1. The van der Waals surface area contributed by atoms with Crippen LogP contribution >= 0.6 is 0 Å². The highest BCUT2D eigenvalue weighted by atomic mass is 16.5. The zero-order valence-electron chi connectivity index (χ0n) is 11.2. The largest absolute Gasteiger partial charge is 0.368 e. The van der Waals surface area contributed by atoms with Crippen molar-refractivity contribution in [1.29, 1.82) is 0 Å². The van der Waals surface area contributed by atoms with Gasteiger partial charge in [-0.1, -0.05) is 6.92 Å². The van der Waals surface area contributed by atoms with Gasteiger partial charge in [-0.2, -0.15) is 5.10 Å². The van der Waals surface area contributed by atoms with Crippen molar-refractivity contribution in [1.82, 2.24) is 20.1 Å². The Balaban J connectivity index is 1.78. The summed E-state index contributed by atoms with van der Waals surface area (Å²) in [5, 5.41) is 6.80. The van der Waals surface area contributed by atoms with Crippen molar-refractivity contribution in [3.05, 3.63) is 12.2 Å². The van der Waals surface area contributed by atoms with Crippen molar-refractivity contribution >= 4 is 5.91 Å². The molecule has 3 atom stereocenters. The number of nitrogens with zero attached hydrogens (tertiary/aromatic N) is 3. The van der Waals surface area contributed by atoms with Crippen LogP contribution in [0.2, 0.25) is 0 Å². The molecule has 0 bridgehead atoms. The lowest BCUT2D eigenvalue weighted by Gasteiger charge is -2.36. The SMILES string of the molecule is C[C@@H]1CCO[C@@H]1C(=O)N1CCCC[C@H]1c1ncn[nH]1. The van der Waals surface area contributed by atoms with E-state index in [1.54, 1.807) is 0 Å². The molecule has 2 aliphatic rings. The fourth-order valence-corrected chi connectivity index (χ4v) is 3.03. The van der Waals surface area contributed by atoms with E-state index in [9.17, 15) is 4.79 Å². The summed E-state index contributed by atoms with van der Waals surface area (Å²) in [6, 6.07) is 0.0279. The lowest BCUT2D eigenvalue weighted by atomic mass is 9.97. The molecule has 0 radical (unpaired) electrons. The molecule has 3 heterocycles. The molecule has 0 spiro atoms. The Morgan fingerprint density at radius 3 is 3.05 bits per heavy atom. The third-order valence-electron chi connectivity index (χ3n) is 4.17. The van der Waals surface area contributed by atoms with Crippen molar-refractivity contribution in [3.63, 3.8) is 0 Å². The molecule has 0 aromatic carbocycles. The summed E-state index contributed by atoms with van der Waals surface area (Å²) in [5.74, 6) is 1.22. The number of aromatic nitrogens is 3. The van der Waals surface area contributed by atoms with Crippen LogP contribution in [0.5, 0.6) is 0 Å². The lowest BCUT2D eigenvalue weighted by Crippen LogP contribution is -2.45. The Hall–Kier alpha value is -1.43. The van der Waals surface area contributed by atoms with Crippen molar-refractivity contribution in [2.75, 3.05) is 13.2 Å². The predicted molar refractivity (Wildman–Crippen MR) is 68.2 cm³/mol. The predicted octanol–water partition coefficient (Wildman–Crippen LogP) is 1.28. The van der Waals surface area contributed by atoms with Crippen LogP contribution in [0, 0.1) is 5.92 Å². The van der Waals surface area contributed by atoms with Gasteiger partial charge >= 0.3 is 0 Å². The number of carbonyl (C=O) groups excluding carboxylic acids is 1. The molecule has 6 heteroatoms. The number of H-pyrrole nitrogens is 1. The first-order chi connectivity index (χ1) is 9.27. The van der Waals surface area contributed by atoms with Gasteiger partial charge in [0, 0.05) is 13.2 Å². The Bertz CT molecular complexity index is 434. The molecule has 0 saturated carbocycles. The summed E-state index contributed by atoms with van der Waals surface area (Å²) < 4.78 is 5.61. The van der Waals surface area contributed by atoms with Gasteiger partial charge in [-0.15, -0.1) is 0 Å². The number of nitrogens with one attached hydrogen (secondary N) is 1. The van der Waals surface area contributed by atoms with Crippen LogP contribution in [0.15, 0.2) is 6.33 Å². The molecule has 2 aliphatic heterocycles. The minimum atomic E-state index is -0.275. The number of hydrogen-bond acceptors (Lipinski definition) is 4. The average Bonchev–Trinajstić information content (AvgIpc) is 3.09. The van der Waals surface area contributed by atoms with Crippen LogP contribution < -0.4 is 0 Å². The van der Waals surface area contributed by atoms with E-state index in [0.29, 0.717) is 12.5 Å². The van der Waals surface area contributed by atoms with E-state index < -0.39 is 0 Å². The standard InChI is InChI=1S/C13H20N4O2/c1-9-5-7-19-11(9)13(18)17-6-3-2-4-10(17)12-14-8-15-16-12/h8-11H,2-7H2,1H3,(H,14,15,16)/t9-,10+,11+/m1/s1. The van der Waals surface area contributed by atoms with Crippen LogP contribution in [0.25, 0.3) is 0 Å². The highest BCUT2D eigenvalue weighted by molar-refractivity contribution is 5.82. The van der Waals surface area contributed by atoms with Gasteiger partial charge in [-0.05, 0) is 31.6 Å². The maximum atomic E-state index is 12.7. The molecule has 1 amide bonds. The summed E-state index contributed by atoms with van der Waals surface area (Å²) in [4.78, 5) is 18.8. The number of rotatable bonds is 2. The Morgan fingerprint density at radius 1 is 1.47 bits per heavy atom.